The van der Waals surface area contributed by atoms with E-state index in [0.29, 0.717) is 10.8 Å². The quantitative estimate of drug-likeness (QED) is 0.849. The van der Waals surface area contributed by atoms with Crippen molar-refractivity contribution in [3.05, 3.63) is 53.6 Å². The summed E-state index contributed by atoms with van der Waals surface area (Å²) in [7, 11) is 0. The van der Waals surface area contributed by atoms with Crippen molar-refractivity contribution in [1.82, 2.24) is 0 Å². The van der Waals surface area contributed by atoms with Gasteiger partial charge < -0.3 is 14.8 Å². The van der Waals surface area contributed by atoms with E-state index >= 15 is 0 Å². The third-order valence-corrected chi connectivity index (χ3v) is 3.18. The Balaban J connectivity index is 2.05. The number of alkyl halides is 2. The smallest absolute Gasteiger partial charge is 0.387 e. The Morgan fingerprint density at radius 2 is 1.65 bits per heavy atom. The van der Waals surface area contributed by atoms with Gasteiger partial charge in [-0.05, 0) is 31.2 Å². The first-order valence-electron chi connectivity index (χ1n) is 6.73. The van der Waals surface area contributed by atoms with Gasteiger partial charge in [0, 0.05) is 0 Å². The van der Waals surface area contributed by atoms with E-state index in [-0.39, 0.29) is 11.4 Å². The van der Waals surface area contributed by atoms with Crippen LogP contribution in [0.1, 0.15) is 6.92 Å². The third kappa shape index (κ3) is 4.82. The zero-order chi connectivity index (χ0) is 16.8. The van der Waals surface area contributed by atoms with Crippen molar-refractivity contribution in [2.24, 2.45) is 0 Å². The topological polar surface area (TPSA) is 47.6 Å². The predicted octanol–water partition coefficient (Wildman–Crippen LogP) is 4.35. The lowest BCUT2D eigenvalue weighted by Crippen LogP contribution is -2.30. The zero-order valence-electron chi connectivity index (χ0n) is 12.1. The lowest BCUT2D eigenvalue weighted by molar-refractivity contribution is -0.122. The van der Waals surface area contributed by atoms with Crippen LogP contribution >= 0.6 is 11.6 Å². The molecule has 0 aromatic heterocycles. The summed E-state index contributed by atoms with van der Waals surface area (Å²) in [5.74, 6) is -0.287. The molecule has 2 aromatic carbocycles. The molecule has 4 nitrogen and oxygen atoms in total. The number of hydrogen-bond donors (Lipinski definition) is 1. The van der Waals surface area contributed by atoms with E-state index in [1.54, 1.807) is 30.3 Å². The van der Waals surface area contributed by atoms with Gasteiger partial charge in [0.05, 0.1) is 10.7 Å². The first-order valence-corrected chi connectivity index (χ1v) is 7.11. The molecule has 0 heterocycles. The third-order valence-electron chi connectivity index (χ3n) is 2.87. The van der Waals surface area contributed by atoms with Gasteiger partial charge in [0.1, 0.15) is 11.5 Å². The SMILES string of the molecule is CC(Oc1ccccc1Cl)C(=O)Nc1ccccc1OC(F)F. The normalized spacial score (nSPS) is 11.9. The Bertz CT molecular complexity index is 682. The van der Waals surface area contributed by atoms with Gasteiger partial charge in [0.15, 0.2) is 6.10 Å². The van der Waals surface area contributed by atoms with Crippen molar-refractivity contribution >= 4 is 23.2 Å². The largest absolute Gasteiger partial charge is 0.479 e. The van der Waals surface area contributed by atoms with E-state index in [4.69, 9.17) is 16.3 Å². The number of benzene rings is 2. The second-order valence-electron chi connectivity index (χ2n) is 4.55. The maximum Gasteiger partial charge on any atom is 0.387 e. The number of para-hydroxylation sites is 3. The summed E-state index contributed by atoms with van der Waals surface area (Å²) in [5, 5.41) is 2.86. The number of carbonyl (C=O) groups is 1. The van der Waals surface area contributed by atoms with Crippen molar-refractivity contribution in [2.45, 2.75) is 19.6 Å². The van der Waals surface area contributed by atoms with E-state index in [2.05, 4.69) is 10.1 Å². The maximum atomic E-state index is 12.4. The molecule has 0 fully saturated rings. The van der Waals surface area contributed by atoms with Gasteiger partial charge in [0.2, 0.25) is 0 Å². The van der Waals surface area contributed by atoms with E-state index < -0.39 is 18.6 Å². The Morgan fingerprint density at radius 1 is 1.04 bits per heavy atom. The van der Waals surface area contributed by atoms with Gasteiger partial charge in [-0.2, -0.15) is 8.78 Å². The molecule has 0 aliphatic rings. The molecular formula is C16H14ClF2NO3. The van der Waals surface area contributed by atoms with Crippen LogP contribution in [0.15, 0.2) is 48.5 Å². The fourth-order valence-corrected chi connectivity index (χ4v) is 1.97. The average Bonchev–Trinajstić information content (AvgIpc) is 2.51. The van der Waals surface area contributed by atoms with E-state index in [9.17, 15) is 13.6 Å². The molecule has 2 rings (SSSR count). The van der Waals surface area contributed by atoms with Gasteiger partial charge in [0.25, 0.3) is 5.91 Å². The minimum Gasteiger partial charge on any atom is -0.479 e. The van der Waals surface area contributed by atoms with E-state index in [0.717, 1.165) is 0 Å². The van der Waals surface area contributed by atoms with Crippen LogP contribution in [0.4, 0.5) is 14.5 Å². The molecule has 0 bridgehead atoms. The second kappa shape index (κ2) is 7.78. The molecule has 0 radical (unpaired) electrons. The van der Waals surface area contributed by atoms with Crippen LogP contribution in [0, 0.1) is 0 Å². The number of nitrogens with one attached hydrogen (secondary N) is 1. The summed E-state index contributed by atoms with van der Waals surface area (Å²) >= 11 is 5.96. The number of rotatable bonds is 6. The minimum absolute atomic E-state index is 0.124. The van der Waals surface area contributed by atoms with Crippen LogP contribution in [0.3, 0.4) is 0 Å². The molecule has 0 saturated heterocycles. The summed E-state index contributed by atoms with van der Waals surface area (Å²) in [6.45, 7) is -1.46. The Kier molecular flexibility index (Phi) is 5.76. The Hall–Kier alpha value is -2.34. The van der Waals surface area contributed by atoms with Gasteiger partial charge in [-0.25, -0.2) is 0 Å². The van der Waals surface area contributed by atoms with Gasteiger partial charge in [-0.15, -0.1) is 0 Å². The van der Waals surface area contributed by atoms with Crippen LogP contribution in [0.5, 0.6) is 11.5 Å². The van der Waals surface area contributed by atoms with Crippen LogP contribution in [0.2, 0.25) is 5.02 Å². The number of ether oxygens (including phenoxy) is 2. The van der Waals surface area contributed by atoms with Gasteiger partial charge in [-0.3, -0.25) is 4.79 Å². The van der Waals surface area contributed by atoms with Crippen molar-refractivity contribution < 1.29 is 23.0 Å². The number of hydrogen-bond acceptors (Lipinski definition) is 3. The second-order valence-corrected chi connectivity index (χ2v) is 4.96. The number of carbonyl (C=O) groups excluding carboxylic acids is 1. The molecule has 7 heteroatoms. The molecule has 0 aliphatic carbocycles. The predicted molar refractivity (Wildman–Crippen MR) is 83.2 cm³/mol. The number of anilines is 1. The van der Waals surface area contributed by atoms with Crippen molar-refractivity contribution in [2.75, 3.05) is 5.32 Å². The molecule has 23 heavy (non-hydrogen) atoms. The molecule has 0 aliphatic heterocycles. The maximum absolute atomic E-state index is 12.4. The number of amides is 1. The molecular weight excluding hydrogens is 328 g/mol. The highest BCUT2D eigenvalue weighted by Gasteiger charge is 2.18. The van der Waals surface area contributed by atoms with Crippen LogP contribution in [0.25, 0.3) is 0 Å². The minimum atomic E-state index is -2.98. The molecule has 0 saturated carbocycles. The molecule has 1 atom stereocenters. The monoisotopic (exact) mass is 341 g/mol. The molecule has 1 amide bonds. The van der Waals surface area contributed by atoms with Gasteiger partial charge in [-0.1, -0.05) is 35.9 Å². The molecule has 1 unspecified atom stereocenters. The summed E-state index contributed by atoms with van der Waals surface area (Å²) in [6.07, 6.45) is -0.880. The highest BCUT2D eigenvalue weighted by Crippen LogP contribution is 2.27. The molecule has 2 aromatic rings. The Labute approximate surface area is 137 Å². The van der Waals surface area contributed by atoms with Crippen LogP contribution in [-0.2, 0) is 4.79 Å². The van der Waals surface area contributed by atoms with Crippen molar-refractivity contribution in [3.63, 3.8) is 0 Å². The van der Waals surface area contributed by atoms with Crippen LogP contribution < -0.4 is 14.8 Å². The van der Waals surface area contributed by atoms with Crippen molar-refractivity contribution in [3.8, 4) is 11.5 Å². The average molecular weight is 342 g/mol. The van der Waals surface area contributed by atoms with E-state index in [1.165, 1.54) is 25.1 Å². The van der Waals surface area contributed by atoms with Crippen molar-refractivity contribution in [1.29, 1.82) is 0 Å². The molecule has 122 valence electrons. The molecule has 1 N–H and O–H groups in total. The standard InChI is InChI=1S/C16H14ClF2NO3/c1-10(22-13-8-4-2-6-11(13)17)15(21)20-12-7-3-5-9-14(12)23-16(18)19/h2-10,16H,1H3,(H,20,21). The molecule has 0 spiro atoms. The van der Waals surface area contributed by atoms with Crippen LogP contribution in [-0.4, -0.2) is 18.6 Å². The Morgan fingerprint density at radius 3 is 2.30 bits per heavy atom. The van der Waals surface area contributed by atoms with E-state index in [1.807, 2.05) is 0 Å². The highest BCUT2D eigenvalue weighted by molar-refractivity contribution is 6.32. The summed E-state index contributed by atoms with van der Waals surface area (Å²) in [6, 6.07) is 12.6. The summed E-state index contributed by atoms with van der Waals surface area (Å²) in [5.41, 5.74) is 0.132. The lowest BCUT2D eigenvalue weighted by Gasteiger charge is -2.17. The first-order chi connectivity index (χ1) is 11.0. The summed E-state index contributed by atoms with van der Waals surface area (Å²) < 4.78 is 34.5. The first kappa shape index (κ1) is 17.0. The number of halogens is 3. The highest BCUT2D eigenvalue weighted by atomic mass is 35.5. The fraction of sp³-hybridized carbons (Fsp3) is 0.188. The van der Waals surface area contributed by atoms with Gasteiger partial charge >= 0.3 is 6.61 Å². The fourth-order valence-electron chi connectivity index (χ4n) is 1.79. The zero-order valence-corrected chi connectivity index (χ0v) is 12.9. The summed E-state index contributed by atoms with van der Waals surface area (Å²) in [4.78, 5) is 12.1. The lowest BCUT2D eigenvalue weighted by atomic mass is 10.2.